The summed E-state index contributed by atoms with van der Waals surface area (Å²) in [4.78, 5) is 0. The SMILES string of the molecule is Nc1ccc(Oc2ccccc2-c2ccc3c(c2-c2ccccc2Oc2ccc(N)cc2)Cc2ccccc2-3)cc1. The Morgan fingerprint density at radius 3 is 1.54 bits per heavy atom. The Balaban J connectivity index is 1.42. The summed E-state index contributed by atoms with van der Waals surface area (Å²) < 4.78 is 12.9. The summed E-state index contributed by atoms with van der Waals surface area (Å²) in [6, 6.07) is 44.5. The summed E-state index contributed by atoms with van der Waals surface area (Å²) in [5, 5.41) is 0. The highest BCUT2D eigenvalue weighted by Crippen LogP contribution is 2.50. The van der Waals surface area contributed by atoms with E-state index in [0.29, 0.717) is 11.4 Å². The smallest absolute Gasteiger partial charge is 0.135 e. The van der Waals surface area contributed by atoms with Crippen LogP contribution in [0.15, 0.2) is 133 Å². The highest BCUT2D eigenvalue weighted by atomic mass is 16.5. The fourth-order valence-electron chi connectivity index (χ4n) is 5.61. The molecule has 7 rings (SSSR count). The van der Waals surface area contributed by atoms with Gasteiger partial charge in [0.25, 0.3) is 0 Å². The van der Waals surface area contributed by atoms with Crippen molar-refractivity contribution >= 4 is 11.4 Å². The second kappa shape index (κ2) is 10.2. The van der Waals surface area contributed by atoms with E-state index in [2.05, 4.69) is 54.6 Å². The zero-order valence-electron chi connectivity index (χ0n) is 22.4. The van der Waals surface area contributed by atoms with Gasteiger partial charge in [-0.2, -0.15) is 0 Å². The van der Waals surface area contributed by atoms with Gasteiger partial charge in [-0.05, 0) is 100 Å². The minimum atomic E-state index is 0.698. The van der Waals surface area contributed by atoms with Gasteiger partial charge >= 0.3 is 0 Å². The molecule has 4 heteroatoms. The van der Waals surface area contributed by atoms with Crippen LogP contribution in [0.2, 0.25) is 0 Å². The average Bonchev–Trinajstić information content (AvgIpc) is 3.39. The summed E-state index contributed by atoms with van der Waals surface area (Å²) in [5.74, 6) is 3.01. The van der Waals surface area contributed by atoms with Crippen LogP contribution in [-0.2, 0) is 6.42 Å². The third-order valence-electron chi connectivity index (χ3n) is 7.54. The number of ether oxygens (including phenoxy) is 2. The number of anilines is 2. The molecule has 0 bridgehead atoms. The van der Waals surface area contributed by atoms with E-state index >= 15 is 0 Å². The molecule has 0 fully saturated rings. The first-order chi connectivity index (χ1) is 20.1. The van der Waals surface area contributed by atoms with E-state index < -0.39 is 0 Å². The quantitative estimate of drug-likeness (QED) is 0.209. The fraction of sp³-hybridized carbons (Fsp3) is 0.0270. The Bertz CT molecular complexity index is 1880. The van der Waals surface area contributed by atoms with Crippen LogP contribution in [0.1, 0.15) is 11.1 Å². The predicted octanol–water partition coefficient (Wildman–Crippen LogP) is 9.34. The summed E-state index contributed by atoms with van der Waals surface area (Å²) >= 11 is 0. The van der Waals surface area contributed by atoms with Crippen LogP contribution in [0.3, 0.4) is 0 Å². The third kappa shape index (κ3) is 4.66. The molecule has 41 heavy (non-hydrogen) atoms. The number of nitrogens with two attached hydrogens (primary N) is 2. The van der Waals surface area contributed by atoms with Gasteiger partial charge in [-0.3, -0.25) is 0 Å². The van der Waals surface area contributed by atoms with Gasteiger partial charge < -0.3 is 20.9 Å². The van der Waals surface area contributed by atoms with Crippen molar-refractivity contribution in [3.8, 4) is 56.4 Å². The molecular weight excluding hydrogens is 504 g/mol. The highest BCUT2D eigenvalue weighted by Gasteiger charge is 2.26. The highest BCUT2D eigenvalue weighted by molar-refractivity contribution is 5.96. The normalized spacial score (nSPS) is 11.5. The molecular formula is C37H28N2O2. The lowest BCUT2D eigenvalue weighted by molar-refractivity contribution is 0.483. The third-order valence-corrected chi connectivity index (χ3v) is 7.54. The Labute approximate surface area is 239 Å². The van der Waals surface area contributed by atoms with Crippen molar-refractivity contribution in [3.63, 3.8) is 0 Å². The molecule has 1 aliphatic rings. The zero-order chi connectivity index (χ0) is 27.8. The summed E-state index contributed by atoms with van der Waals surface area (Å²) in [7, 11) is 0. The first-order valence-electron chi connectivity index (χ1n) is 13.6. The second-order valence-corrected chi connectivity index (χ2v) is 10.2. The first kappa shape index (κ1) is 24.6. The van der Waals surface area contributed by atoms with Crippen LogP contribution < -0.4 is 20.9 Å². The molecule has 0 atom stereocenters. The topological polar surface area (TPSA) is 70.5 Å². The van der Waals surface area contributed by atoms with E-state index in [9.17, 15) is 0 Å². The van der Waals surface area contributed by atoms with Gasteiger partial charge in [0.1, 0.15) is 23.0 Å². The lowest BCUT2D eigenvalue weighted by Gasteiger charge is -2.20. The molecule has 0 saturated carbocycles. The van der Waals surface area contributed by atoms with Crippen molar-refractivity contribution in [3.05, 3.63) is 145 Å². The van der Waals surface area contributed by atoms with E-state index in [1.165, 1.54) is 22.3 Å². The van der Waals surface area contributed by atoms with Gasteiger partial charge in [0, 0.05) is 22.5 Å². The van der Waals surface area contributed by atoms with Gasteiger partial charge in [-0.25, -0.2) is 0 Å². The molecule has 0 heterocycles. The molecule has 0 aliphatic heterocycles. The Morgan fingerprint density at radius 1 is 0.415 bits per heavy atom. The van der Waals surface area contributed by atoms with E-state index in [0.717, 1.165) is 51.7 Å². The molecule has 6 aromatic rings. The minimum Gasteiger partial charge on any atom is -0.457 e. The van der Waals surface area contributed by atoms with Crippen LogP contribution in [0.4, 0.5) is 11.4 Å². The van der Waals surface area contributed by atoms with E-state index in [-0.39, 0.29) is 0 Å². The van der Waals surface area contributed by atoms with Crippen molar-refractivity contribution < 1.29 is 9.47 Å². The monoisotopic (exact) mass is 532 g/mol. The van der Waals surface area contributed by atoms with Crippen molar-refractivity contribution in [2.75, 3.05) is 11.5 Å². The first-order valence-corrected chi connectivity index (χ1v) is 13.6. The van der Waals surface area contributed by atoms with Gasteiger partial charge in [0.15, 0.2) is 0 Å². The molecule has 4 nitrogen and oxygen atoms in total. The van der Waals surface area contributed by atoms with E-state index in [1.54, 1.807) is 0 Å². The molecule has 0 spiro atoms. The number of fused-ring (bicyclic) bond motifs is 3. The lowest BCUT2D eigenvalue weighted by Crippen LogP contribution is -1.97. The van der Waals surface area contributed by atoms with Crippen LogP contribution >= 0.6 is 0 Å². The molecule has 4 N–H and O–H groups in total. The molecule has 0 amide bonds. The maximum absolute atomic E-state index is 6.49. The zero-order valence-corrected chi connectivity index (χ0v) is 22.4. The summed E-state index contributed by atoms with van der Waals surface area (Å²) in [5.41, 5.74) is 22.6. The number of para-hydroxylation sites is 2. The Morgan fingerprint density at radius 2 is 0.902 bits per heavy atom. The average molecular weight is 533 g/mol. The van der Waals surface area contributed by atoms with Crippen LogP contribution in [0, 0.1) is 0 Å². The van der Waals surface area contributed by atoms with Gasteiger partial charge in [-0.15, -0.1) is 0 Å². The molecule has 0 saturated heterocycles. The number of benzene rings is 6. The van der Waals surface area contributed by atoms with E-state index in [4.69, 9.17) is 20.9 Å². The van der Waals surface area contributed by atoms with Crippen molar-refractivity contribution in [1.82, 2.24) is 0 Å². The largest absolute Gasteiger partial charge is 0.457 e. The fourth-order valence-corrected chi connectivity index (χ4v) is 5.61. The summed E-state index contributed by atoms with van der Waals surface area (Å²) in [6.07, 6.45) is 0.839. The Hall–Kier alpha value is -5.48. The number of hydrogen-bond donors (Lipinski definition) is 2. The van der Waals surface area contributed by atoms with Crippen LogP contribution in [0.25, 0.3) is 33.4 Å². The van der Waals surface area contributed by atoms with Crippen molar-refractivity contribution in [1.29, 1.82) is 0 Å². The molecule has 0 radical (unpaired) electrons. The lowest BCUT2D eigenvalue weighted by atomic mass is 9.87. The molecule has 0 unspecified atom stereocenters. The standard InChI is InChI=1S/C37H28N2O2/c38-25-13-17-27(18-14-25)40-35-11-5-3-9-31(35)32-22-21-30-29-8-2-1-7-24(29)23-34(30)37(32)33-10-4-6-12-36(33)41-28-19-15-26(39)16-20-28/h1-22H,23,38-39H2. The van der Waals surface area contributed by atoms with Crippen molar-refractivity contribution in [2.45, 2.75) is 6.42 Å². The second-order valence-electron chi connectivity index (χ2n) is 10.2. The van der Waals surface area contributed by atoms with Crippen molar-refractivity contribution in [2.24, 2.45) is 0 Å². The number of nitrogen functional groups attached to an aromatic ring is 2. The molecule has 1 aliphatic carbocycles. The Kier molecular flexibility index (Phi) is 6.14. The molecule has 0 aromatic heterocycles. The van der Waals surface area contributed by atoms with Gasteiger partial charge in [0.2, 0.25) is 0 Å². The van der Waals surface area contributed by atoms with Gasteiger partial charge in [-0.1, -0.05) is 72.8 Å². The van der Waals surface area contributed by atoms with E-state index in [1.807, 2.05) is 78.9 Å². The number of rotatable bonds is 6. The maximum Gasteiger partial charge on any atom is 0.135 e. The molecule has 6 aromatic carbocycles. The maximum atomic E-state index is 6.49. The van der Waals surface area contributed by atoms with Crippen LogP contribution in [0.5, 0.6) is 23.0 Å². The minimum absolute atomic E-state index is 0.698. The van der Waals surface area contributed by atoms with Crippen LogP contribution in [-0.4, -0.2) is 0 Å². The number of hydrogen-bond acceptors (Lipinski definition) is 4. The molecule has 198 valence electrons. The predicted molar refractivity (Wildman–Crippen MR) is 167 cm³/mol. The summed E-state index contributed by atoms with van der Waals surface area (Å²) in [6.45, 7) is 0. The van der Waals surface area contributed by atoms with Gasteiger partial charge in [0.05, 0.1) is 0 Å².